The van der Waals surface area contributed by atoms with Gasteiger partial charge in [0.25, 0.3) is 0 Å². The fraction of sp³-hybridized carbons (Fsp3) is 0.444. The summed E-state index contributed by atoms with van der Waals surface area (Å²) in [4.78, 5) is 11.7. The van der Waals surface area contributed by atoms with Crippen LogP contribution in [0.3, 0.4) is 0 Å². The molecule has 0 saturated carbocycles. The molecule has 72 valence electrons. The number of nitrogens with two attached hydrogens (primary N) is 1. The van der Waals surface area contributed by atoms with Crippen LogP contribution >= 0.6 is 11.3 Å². The molecule has 3 N–H and O–H groups in total. The van der Waals surface area contributed by atoms with Gasteiger partial charge in [-0.2, -0.15) is 0 Å². The van der Waals surface area contributed by atoms with E-state index in [4.69, 9.17) is 5.73 Å². The second kappa shape index (κ2) is 4.99. The van der Waals surface area contributed by atoms with E-state index in [-0.39, 0.29) is 12.5 Å². The third-order valence-electron chi connectivity index (χ3n) is 1.80. The predicted octanol–water partition coefficient (Wildman–Crippen LogP) is 0.885. The van der Waals surface area contributed by atoms with Crippen molar-refractivity contribution in [1.82, 2.24) is 5.32 Å². The van der Waals surface area contributed by atoms with Crippen LogP contribution < -0.4 is 11.1 Å². The quantitative estimate of drug-likeness (QED) is 0.738. The summed E-state index contributed by atoms with van der Waals surface area (Å²) in [5.74, 6) is -0.311. The number of primary amides is 1. The molecule has 4 heteroatoms. The maximum absolute atomic E-state index is 10.4. The first-order valence-electron chi connectivity index (χ1n) is 4.28. The highest BCUT2D eigenvalue weighted by atomic mass is 32.1. The van der Waals surface area contributed by atoms with E-state index in [9.17, 15) is 4.79 Å². The maximum Gasteiger partial charge on any atom is 0.231 e. The van der Waals surface area contributed by atoms with Crippen LogP contribution in [0.5, 0.6) is 0 Å². The zero-order chi connectivity index (χ0) is 9.68. The van der Waals surface area contributed by atoms with E-state index >= 15 is 0 Å². The molecular formula is C9H14N2OS. The number of carbonyl (C=O) groups is 1. The summed E-state index contributed by atoms with van der Waals surface area (Å²) >= 11 is 1.71. The molecular weight excluding hydrogens is 184 g/mol. The molecule has 0 spiro atoms. The summed E-state index contributed by atoms with van der Waals surface area (Å²) < 4.78 is 0. The molecule has 1 amide bonds. The standard InChI is InChI=1S/C9H14N2OS/c1-2-7-3-4-13-8(7)5-11-6-9(10)12/h3-4,11H,2,5-6H2,1H3,(H2,10,12). The Morgan fingerprint density at radius 2 is 2.46 bits per heavy atom. The van der Waals surface area contributed by atoms with Crippen molar-refractivity contribution in [3.05, 3.63) is 21.9 Å². The average molecular weight is 198 g/mol. The average Bonchev–Trinajstić information content (AvgIpc) is 2.51. The van der Waals surface area contributed by atoms with E-state index in [0.29, 0.717) is 0 Å². The number of hydrogen-bond donors (Lipinski definition) is 2. The van der Waals surface area contributed by atoms with E-state index in [1.165, 1.54) is 10.4 Å². The summed E-state index contributed by atoms with van der Waals surface area (Å²) in [7, 11) is 0. The minimum Gasteiger partial charge on any atom is -0.369 e. The Balaban J connectivity index is 2.40. The molecule has 0 atom stereocenters. The van der Waals surface area contributed by atoms with Crippen molar-refractivity contribution in [2.75, 3.05) is 6.54 Å². The van der Waals surface area contributed by atoms with Gasteiger partial charge in [-0.3, -0.25) is 4.79 Å². The monoisotopic (exact) mass is 198 g/mol. The molecule has 0 saturated heterocycles. The lowest BCUT2D eigenvalue weighted by Gasteiger charge is -2.01. The molecule has 0 unspecified atom stereocenters. The number of amides is 1. The van der Waals surface area contributed by atoms with E-state index in [1.54, 1.807) is 11.3 Å². The van der Waals surface area contributed by atoms with Gasteiger partial charge in [0.2, 0.25) is 5.91 Å². The lowest BCUT2D eigenvalue weighted by molar-refractivity contribution is -0.117. The van der Waals surface area contributed by atoms with Crippen LogP contribution in [0.1, 0.15) is 17.4 Å². The van der Waals surface area contributed by atoms with Gasteiger partial charge in [0.1, 0.15) is 0 Å². The molecule has 3 nitrogen and oxygen atoms in total. The van der Waals surface area contributed by atoms with Crippen molar-refractivity contribution < 1.29 is 4.79 Å². The normalized spacial score (nSPS) is 10.2. The molecule has 0 radical (unpaired) electrons. The molecule has 1 aromatic heterocycles. The summed E-state index contributed by atoms with van der Waals surface area (Å²) in [5.41, 5.74) is 6.35. The summed E-state index contributed by atoms with van der Waals surface area (Å²) in [6, 6.07) is 2.12. The molecule has 0 aromatic carbocycles. The molecule has 0 bridgehead atoms. The Labute approximate surface area is 81.9 Å². The molecule has 13 heavy (non-hydrogen) atoms. The van der Waals surface area contributed by atoms with Gasteiger partial charge < -0.3 is 11.1 Å². The van der Waals surface area contributed by atoms with E-state index < -0.39 is 0 Å². The van der Waals surface area contributed by atoms with Crippen molar-refractivity contribution in [2.24, 2.45) is 5.73 Å². The van der Waals surface area contributed by atoms with Crippen molar-refractivity contribution in [3.63, 3.8) is 0 Å². The van der Waals surface area contributed by atoms with Crippen LogP contribution in [0.15, 0.2) is 11.4 Å². The van der Waals surface area contributed by atoms with Gasteiger partial charge in [0, 0.05) is 11.4 Å². The van der Waals surface area contributed by atoms with Crippen LogP contribution in [-0.2, 0) is 17.8 Å². The highest BCUT2D eigenvalue weighted by molar-refractivity contribution is 7.10. The van der Waals surface area contributed by atoms with Crippen LogP contribution in [0.25, 0.3) is 0 Å². The number of thiophene rings is 1. The van der Waals surface area contributed by atoms with Crippen molar-refractivity contribution in [3.8, 4) is 0 Å². The first-order chi connectivity index (χ1) is 6.24. The first-order valence-corrected chi connectivity index (χ1v) is 5.16. The second-order valence-electron chi connectivity index (χ2n) is 2.79. The van der Waals surface area contributed by atoms with Gasteiger partial charge in [0.15, 0.2) is 0 Å². The van der Waals surface area contributed by atoms with Crippen molar-refractivity contribution in [1.29, 1.82) is 0 Å². The Kier molecular flexibility index (Phi) is 3.92. The number of carbonyl (C=O) groups excluding carboxylic acids is 1. The van der Waals surface area contributed by atoms with Crippen molar-refractivity contribution in [2.45, 2.75) is 19.9 Å². The lowest BCUT2D eigenvalue weighted by Crippen LogP contribution is -2.28. The van der Waals surface area contributed by atoms with Gasteiger partial charge in [0.05, 0.1) is 6.54 Å². The Bertz CT molecular complexity index is 283. The lowest BCUT2D eigenvalue weighted by atomic mass is 10.2. The smallest absolute Gasteiger partial charge is 0.231 e. The van der Waals surface area contributed by atoms with Gasteiger partial charge in [-0.15, -0.1) is 11.3 Å². The fourth-order valence-corrected chi connectivity index (χ4v) is 2.08. The van der Waals surface area contributed by atoms with Crippen LogP contribution in [-0.4, -0.2) is 12.5 Å². The van der Waals surface area contributed by atoms with Gasteiger partial charge in [-0.25, -0.2) is 0 Å². The second-order valence-corrected chi connectivity index (χ2v) is 3.79. The Hall–Kier alpha value is -0.870. The Morgan fingerprint density at radius 1 is 1.69 bits per heavy atom. The number of hydrogen-bond acceptors (Lipinski definition) is 3. The van der Waals surface area contributed by atoms with E-state index in [0.717, 1.165) is 13.0 Å². The molecule has 0 aliphatic rings. The predicted molar refractivity (Wildman–Crippen MR) is 54.6 cm³/mol. The van der Waals surface area contributed by atoms with E-state index in [1.807, 2.05) is 0 Å². The third kappa shape index (κ3) is 3.16. The largest absolute Gasteiger partial charge is 0.369 e. The molecule has 1 rings (SSSR count). The summed E-state index contributed by atoms with van der Waals surface area (Å²) in [6.45, 7) is 3.12. The Morgan fingerprint density at radius 3 is 3.08 bits per heavy atom. The molecule has 0 fully saturated rings. The van der Waals surface area contributed by atoms with Crippen LogP contribution in [0.4, 0.5) is 0 Å². The third-order valence-corrected chi connectivity index (χ3v) is 2.77. The van der Waals surface area contributed by atoms with Crippen molar-refractivity contribution >= 4 is 17.2 Å². The molecule has 1 heterocycles. The van der Waals surface area contributed by atoms with Crippen LogP contribution in [0, 0.1) is 0 Å². The SMILES string of the molecule is CCc1ccsc1CNCC(N)=O. The zero-order valence-corrected chi connectivity index (χ0v) is 8.49. The van der Waals surface area contributed by atoms with Gasteiger partial charge >= 0.3 is 0 Å². The van der Waals surface area contributed by atoms with Gasteiger partial charge in [-0.05, 0) is 23.4 Å². The minimum atomic E-state index is -0.311. The molecule has 1 aromatic rings. The zero-order valence-electron chi connectivity index (χ0n) is 7.67. The maximum atomic E-state index is 10.4. The minimum absolute atomic E-state index is 0.251. The summed E-state index contributed by atoms with van der Waals surface area (Å²) in [6.07, 6.45) is 1.04. The van der Waals surface area contributed by atoms with E-state index in [2.05, 4.69) is 23.7 Å². The fourth-order valence-electron chi connectivity index (χ4n) is 1.14. The number of nitrogens with one attached hydrogen (secondary N) is 1. The topological polar surface area (TPSA) is 55.1 Å². The summed E-state index contributed by atoms with van der Waals surface area (Å²) in [5, 5.41) is 5.07. The highest BCUT2D eigenvalue weighted by Gasteiger charge is 2.01. The van der Waals surface area contributed by atoms with Gasteiger partial charge in [-0.1, -0.05) is 6.92 Å². The van der Waals surface area contributed by atoms with Crippen LogP contribution in [0.2, 0.25) is 0 Å². The number of rotatable bonds is 5. The first kappa shape index (κ1) is 10.2. The molecule has 0 aliphatic carbocycles. The number of aryl methyl sites for hydroxylation is 1. The molecule has 0 aliphatic heterocycles. The highest BCUT2D eigenvalue weighted by Crippen LogP contribution is 2.16.